The molecular weight excluding hydrogens is 240 g/mol. The third-order valence-electron chi connectivity index (χ3n) is 2.34. The molecule has 1 unspecified atom stereocenters. The second-order valence-electron chi connectivity index (χ2n) is 3.46. The molecule has 1 fully saturated rings. The SMILES string of the molecule is Brc1ccc(/C=C/C2CCCO2)cc1. The summed E-state index contributed by atoms with van der Waals surface area (Å²) in [6.07, 6.45) is 6.96. The Labute approximate surface area is 92.9 Å². The molecule has 2 heteroatoms. The fourth-order valence-corrected chi connectivity index (χ4v) is 1.81. The Morgan fingerprint density at radius 2 is 2.07 bits per heavy atom. The number of halogens is 1. The van der Waals surface area contributed by atoms with Gasteiger partial charge in [0.25, 0.3) is 0 Å². The van der Waals surface area contributed by atoms with Crippen molar-refractivity contribution in [3.8, 4) is 0 Å². The molecule has 0 N–H and O–H groups in total. The first-order valence-corrected chi connectivity index (χ1v) is 5.69. The number of ether oxygens (including phenoxy) is 1. The lowest BCUT2D eigenvalue weighted by molar-refractivity contribution is 0.146. The zero-order valence-corrected chi connectivity index (χ0v) is 9.53. The summed E-state index contributed by atoms with van der Waals surface area (Å²) < 4.78 is 6.62. The summed E-state index contributed by atoms with van der Waals surface area (Å²) in [5.74, 6) is 0. The summed E-state index contributed by atoms with van der Waals surface area (Å²) in [6, 6.07) is 8.29. The van der Waals surface area contributed by atoms with Crippen molar-refractivity contribution in [2.75, 3.05) is 6.61 Å². The van der Waals surface area contributed by atoms with Crippen molar-refractivity contribution in [1.29, 1.82) is 0 Å². The predicted molar refractivity (Wildman–Crippen MR) is 62.2 cm³/mol. The van der Waals surface area contributed by atoms with Gasteiger partial charge in [-0.15, -0.1) is 0 Å². The summed E-state index contributed by atoms with van der Waals surface area (Å²) in [4.78, 5) is 0. The Balaban J connectivity index is 1.99. The van der Waals surface area contributed by atoms with Gasteiger partial charge in [-0.2, -0.15) is 0 Å². The van der Waals surface area contributed by atoms with E-state index >= 15 is 0 Å². The molecule has 0 saturated carbocycles. The minimum absolute atomic E-state index is 0.332. The van der Waals surface area contributed by atoms with E-state index in [4.69, 9.17) is 4.74 Å². The van der Waals surface area contributed by atoms with Gasteiger partial charge in [0.15, 0.2) is 0 Å². The molecule has 0 bridgehead atoms. The van der Waals surface area contributed by atoms with Crippen LogP contribution in [0.3, 0.4) is 0 Å². The van der Waals surface area contributed by atoms with Crippen molar-refractivity contribution in [1.82, 2.24) is 0 Å². The molecule has 1 atom stereocenters. The van der Waals surface area contributed by atoms with Gasteiger partial charge in [0.05, 0.1) is 6.10 Å². The predicted octanol–water partition coefficient (Wildman–Crippen LogP) is 3.64. The molecule has 1 heterocycles. The first-order valence-electron chi connectivity index (χ1n) is 4.90. The fraction of sp³-hybridized carbons (Fsp3) is 0.333. The Morgan fingerprint density at radius 1 is 1.29 bits per heavy atom. The van der Waals surface area contributed by atoms with Crippen LogP contribution in [0.25, 0.3) is 6.08 Å². The van der Waals surface area contributed by atoms with Crippen LogP contribution < -0.4 is 0 Å². The Hall–Kier alpha value is -0.600. The first kappa shape index (κ1) is 9.94. The molecule has 1 aromatic rings. The van der Waals surface area contributed by atoms with Gasteiger partial charge in [-0.3, -0.25) is 0 Å². The second-order valence-corrected chi connectivity index (χ2v) is 4.38. The van der Waals surface area contributed by atoms with E-state index in [9.17, 15) is 0 Å². The van der Waals surface area contributed by atoms with Gasteiger partial charge < -0.3 is 4.74 Å². The maximum absolute atomic E-state index is 5.50. The molecule has 1 aromatic carbocycles. The highest BCUT2D eigenvalue weighted by Crippen LogP contribution is 2.16. The summed E-state index contributed by atoms with van der Waals surface area (Å²) in [6.45, 7) is 0.912. The molecule has 0 aliphatic carbocycles. The van der Waals surface area contributed by atoms with Gasteiger partial charge >= 0.3 is 0 Å². The topological polar surface area (TPSA) is 9.23 Å². The zero-order valence-electron chi connectivity index (χ0n) is 7.95. The summed E-state index contributed by atoms with van der Waals surface area (Å²) in [5.41, 5.74) is 1.23. The molecule has 1 nitrogen and oxygen atoms in total. The highest BCUT2D eigenvalue weighted by atomic mass is 79.9. The van der Waals surface area contributed by atoms with Crippen LogP contribution in [0.1, 0.15) is 18.4 Å². The molecule has 0 aromatic heterocycles. The molecule has 0 spiro atoms. The molecule has 1 saturated heterocycles. The van der Waals surface area contributed by atoms with Gasteiger partial charge in [-0.05, 0) is 30.5 Å². The van der Waals surface area contributed by atoms with Crippen molar-refractivity contribution in [3.63, 3.8) is 0 Å². The van der Waals surface area contributed by atoms with Crippen LogP contribution in [-0.4, -0.2) is 12.7 Å². The molecule has 2 rings (SSSR count). The van der Waals surface area contributed by atoms with Crippen LogP contribution in [0.4, 0.5) is 0 Å². The van der Waals surface area contributed by atoms with E-state index in [-0.39, 0.29) is 0 Å². The maximum atomic E-state index is 5.50. The Kier molecular flexibility index (Phi) is 3.38. The Morgan fingerprint density at radius 3 is 2.71 bits per heavy atom. The van der Waals surface area contributed by atoms with E-state index < -0.39 is 0 Å². The van der Waals surface area contributed by atoms with E-state index in [0.29, 0.717) is 6.10 Å². The van der Waals surface area contributed by atoms with Crippen molar-refractivity contribution in [2.24, 2.45) is 0 Å². The van der Waals surface area contributed by atoms with E-state index in [1.165, 1.54) is 12.0 Å². The van der Waals surface area contributed by atoms with Crippen LogP contribution in [0, 0.1) is 0 Å². The van der Waals surface area contributed by atoms with Crippen molar-refractivity contribution in [3.05, 3.63) is 40.4 Å². The number of hydrogen-bond acceptors (Lipinski definition) is 1. The standard InChI is InChI=1S/C12H13BrO/c13-11-6-3-10(4-7-11)5-8-12-2-1-9-14-12/h3-8,12H,1-2,9H2/b8-5+. The lowest BCUT2D eigenvalue weighted by Crippen LogP contribution is -1.98. The van der Waals surface area contributed by atoms with E-state index in [2.05, 4.69) is 52.3 Å². The zero-order chi connectivity index (χ0) is 9.80. The van der Waals surface area contributed by atoms with Crippen LogP contribution >= 0.6 is 15.9 Å². The monoisotopic (exact) mass is 252 g/mol. The molecule has 0 radical (unpaired) electrons. The summed E-state index contributed by atoms with van der Waals surface area (Å²) >= 11 is 3.41. The molecule has 74 valence electrons. The van der Waals surface area contributed by atoms with Gasteiger partial charge in [-0.25, -0.2) is 0 Å². The van der Waals surface area contributed by atoms with Crippen molar-refractivity contribution >= 4 is 22.0 Å². The number of benzene rings is 1. The number of rotatable bonds is 2. The second kappa shape index (κ2) is 4.76. The number of hydrogen-bond donors (Lipinski definition) is 0. The first-order chi connectivity index (χ1) is 6.84. The normalized spacial score (nSPS) is 21.9. The van der Waals surface area contributed by atoms with Crippen molar-refractivity contribution < 1.29 is 4.74 Å². The Bertz CT molecular complexity index is 310. The average Bonchev–Trinajstić information content (AvgIpc) is 2.70. The van der Waals surface area contributed by atoms with Crippen LogP contribution in [0.5, 0.6) is 0 Å². The molecule has 14 heavy (non-hydrogen) atoms. The minimum Gasteiger partial charge on any atom is -0.374 e. The van der Waals surface area contributed by atoms with Gasteiger partial charge in [-0.1, -0.05) is 40.2 Å². The van der Waals surface area contributed by atoms with E-state index in [1.54, 1.807) is 0 Å². The minimum atomic E-state index is 0.332. The summed E-state index contributed by atoms with van der Waals surface area (Å²) in [7, 11) is 0. The smallest absolute Gasteiger partial charge is 0.0759 e. The van der Waals surface area contributed by atoms with Crippen LogP contribution in [0.15, 0.2) is 34.8 Å². The van der Waals surface area contributed by atoms with E-state index in [0.717, 1.165) is 17.5 Å². The third kappa shape index (κ3) is 2.69. The average molecular weight is 253 g/mol. The largest absolute Gasteiger partial charge is 0.374 e. The molecule has 1 aliphatic heterocycles. The molecule has 1 aliphatic rings. The fourth-order valence-electron chi connectivity index (χ4n) is 1.55. The quantitative estimate of drug-likeness (QED) is 0.781. The summed E-state index contributed by atoms with van der Waals surface area (Å²) in [5, 5.41) is 0. The third-order valence-corrected chi connectivity index (χ3v) is 2.87. The lowest BCUT2D eigenvalue weighted by atomic mass is 10.1. The maximum Gasteiger partial charge on any atom is 0.0759 e. The molecule has 0 amide bonds. The highest BCUT2D eigenvalue weighted by Gasteiger charge is 2.10. The van der Waals surface area contributed by atoms with Gasteiger partial charge in [0, 0.05) is 11.1 Å². The van der Waals surface area contributed by atoms with Gasteiger partial charge in [0.2, 0.25) is 0 Å². The lowest BCUT2D eigenvalue weighted by Gasteiger charge is -2.01. The highest BCUT2D eigenvalue weighted by molar-refractivity contribution is 9.10. The van der Waals surface area contributed by atoms with Crippen LogP contribution in [-0.2, 0) is 4.74 Å². The molecular formula is C12H13BrO. The van der Waals surface area contributed by atoms with Crippen LogP contribution in [0.2, 0.25) is 0 Å². The van der Waals surface area contributed by atoms with Gasteiger partial charge in [0.1, 0.15) is 0 Å². The van der Waals surface area contributed by atoms with Crippen molar-refractivity contribution in [2.45, 2.75) is 18.9 Å². The van der Waals surface area contributed by atoms with E-state index in [1.807, 2.05) is 0 Å².